The highest BCUT2D eigenvalue weighted by Crippen LogP contribution is 2.46. The third kappa shape index (κ3) is 4.57. The summed E-state index contributed by atoms with van der Waals surface area (Å²) in [5.41, 5.74) is 2.65. The van der Waals surface area contributed by atoms with Gasteiger partial charge in [0.05, 0.1) is 6.04 Å². The molecule has 10 heteroatoms. The zero-order valence-corrected chi connectivity index (χ0v) is 19.9. The molecular formula is C25H25ClF3N5O. The number of amides is 1. The number of anilines is 2. The Balaban J connectivity index is 1.39. The first-order valence-electron chi connectivity index (χ1n) is 11.5. The van der Waals surface area contributed by atoms with Gasteiger partial charge in [0.2, 0.25) is 0 Å². The van der Waals surface area contributed by atoms with Crippen LogP contribution in [0.2, 0.25) is 5.02 Å². The number of hydrogen-bond donors (Lipinski definition) is 1. The van der Waals surface area contributed by atoms with Crippen LogP contribution in [0.25, 0.3) is 0 Å². The van der Waals surface area contributed by atoms with Gasteiger partial charge in [-0.25, -0.2) is 4.68 Å². The molecule has 0 saturated carbocycles. The number of aryl methyl sites for hydroxylation is 1. The number of para-hydroxylation sites is 1. The van der Waals surface area contributed by atoms with Crippen LogP contribution < -0.4 is 10.2 Å². The molecule has 2 aromatic carbocycles. The van der Waals surface area contributed by atoms with Crippen LogP contribution in [0.1, 0.15) is 40.1 Å². The molecule has 0 unspecified atom stereocenters. The summed E-state index contributed by atoms with van der Waals surface area (Å²) in [7, 11) is 0. The Hall–Kier alpha value is -3.20. The van der Waals surface area contributed by atoms with Gasteiger partial charge in [-0.1, -0.05) is 59.6 Å². The van der Waals surface area contributed by atoms with Crippen LogP contribution in [0.3, 0.4) is 0 Å². The molecule has 2 aliphatic heterocycles. The van der Waals surface area contributed by atoms with E-state index in [0.29, 0.717) is 26.2 Å². The van der Waals surface area contributed by atoms with E-state index in [1.807, 2.05) is 49.4 Å². The first-order chi connectivity index (χ1) is 16.7. The van der Waals surface area contributed by atoms with Crippen molar-refractivity contribution < 1.29 is 18.0 Å². The molecule has 1 amide bonds. The number of fused-ring (bicyclic) bond motifs is 1. The van der Waals surface area contributed by atoms with Crippen molar-refractivity contribution in [2.45, 2.75) is 31.6 Å². The summed E-state index contributed by atoms with van der Waals surface area (Å²) in [6, 6.07) is 14.7. The van der Waals surface area contributed by atoms with Crippen molar-refractivity contribution >= 4 is 29.0 Å². The Morgan fingerprint density at radius 2 is 1.69 bits per heavy atom. The fraction of sp³-hybridized carbons (Fsp3) is 0.360. The lowest BCUT2D eigenvalue weighted by molar-refractivity contribution is -0.173. The van der Waals surface area contributed by atoms with Gasteiger partial charge in [0.1, 0.15) is 10.8 Å². The molecule has 5 rings (SSSR count). The number of halogens is 4. The lowest BCUT2D eigenvalue weighted by atomic mass is 9.96. The summed E-state index contributed by atoms with van der Waals surface area (Å²) in [6.45, 7) is 3.99. The van der Waals surface area contributed by atoms with Gasteiger partial charge >= 0.3 is 6.18 Å². The van der Waals surface area contributed by atoms with Crippen molar-refractivity contribution in [3.8, 4) is 0 Å². The van der Waals surface area contributed by atoms with Crippen LogP contribution in [0.15, 0.2) is 54.6 Å². The Morgan fingerprint density at radius 3 is 2.31 bits per heavy atom. The Kier molecular flexibility index (Phi) is 6.13. The topological polar surface area (TPSA) is 53.4 Å². The maximum absolute atomic E-state index is 14.0. The maximum atomic E-state index is 14.0. The number of alkyl halides is 3. The van der Waals surface area contributed by atoms with E-state index in [0.717, 1.165) is 21.5 Å². The molecule has 0 spiro atoms. The Bertz CT molecular complexity index is 1200. The first-order valence-corrected chi connectivity index (χ1v) is 11.9. The van der Waals surface area contributed by atoms with Crippen molar-refractivity contribution in [1.29, 1.82) is 0 Å². The molecule has 35 heavy (non-hydrogen) atoms. The van der Waals surface area contributed by atoms with Crippen LogP contribution >= 0.6 is 11.6 Å². The molecule has 1 aromatic heterocycles. The highest BCUT2D eigenvalue weighted by Gasteiger charge is 2.48. The number of benzene rings is 2. The standard InChI is InChI=1S/C25H25ClF3N5O/c1-16-7-9-17(10-8-16)19-15-20(25(27,28)29)34-23(30-19)21(26)22(31-34)24(35)33-13-11-32(12-14-33)18-5-3-2-4-6-18/h2-10,19-20,30H,11-15H2,1H3/t19-,20-/m0/s1. The predicted octanol–water partition coefficient (Wildman–Crippen LogP) is 5.47. The second-order valence-electron chi connectivity index (χ2n) is 8.97. The van der Waals surface area contributed by atoms with Gasteiger partial charge in [0.25, 0.3) is 5.91 Å². The summed E-state index contributed by atoms with van der Waals surface area (Å²) >= 11 is 6.50. The molecule has 1 saturated heterocycles. The zero-order chi connectivity index (χ0) is 24.7. The van der Waals surface area contributed by atoms with Crippen molar-refractivity contribution in [2.24, 2.45) is 0 Å². The molecule has 3 heterocycles. The fourth-order valence-corrected chi connectivity index (χ4v) is 4.96. The average molecular weight is 504 g/mol. The molecule has 0 bridgehead atoms. The monoisotopic (exact) mass is 503 g/mol. The molecule has 2 aliphatic rings. The fourth-order valence-electron chi connectivity index (χ4n) is 4.70. The van der Waals surface area contributed by atoms with Gasteiger partial charge in [-0.2, -0.15) is 18.3 Å². The van der Waals surface area contributed by atoms with E-state index in [4.69, 9.17) is 11.6 Å². The predicted molar refractivity (Wildman–Crippen MR) is 129 cm³/mol. The maximum Gasteiger partial charge on any atom is 0.410 e. The van der Waals surface area contributed by atoms with Crippen LogP contribution in [-0.2, 0) is 0 Å². The molecule has 0 radical (unpaired) electrons. The van der Waals surface area contributed by atoms with E-state index in [2.05, 4.69) is 15.3 Å². The second kappa shape index (κ2) is 9.11. The van der Waals surface area contributed by atoms with Crippen molar-refractivity contribution in [3.63, 3.8) is 0 Å². The van der Waals surface area contributed by atoms with Gasteiger partial charge in [-0.3, -0.25) is 4.79 Å². The normalized spacial score (nSPS) is 20.4. The summed E-state index contributed by atoms with van der Waals surface area (Å²) in [5, 5.41) is 7.11. The third-order valence-corrected chi connectivity index (χ3v) is 7.02. The summed E-state index contributed by atoms with van der Waals surface area (Å²) in [4.78, 5) is 17.0. The van der Waals surface area contributed by atoms with Crippen LogP contribution in [0.5, 0.6) is 0 Å². The minimum absolute atomic E-state index is 0.0251. The number of carbonyl (C=O) groups excluding carboxylic acids is 1. The molecule has 2 atom stereocenters. The Labute approximate surface area is 206 Å². The minimum Gasteiger partial charge on any atom is -0.368 e. The number of carbonyl (C=O) groups is 1. The SMILES string of the molecule is Cc1ccc([C@@H]2C[C@@H](C(F)(F)F)n3nc(C(=O)N4CCN(c5ccccc5)CC4)c(Cl)c3N2)cc1. The smallest absolute Gasteiger partial charge is 0.368 e. The largest absolute Gasteiger partial charge is 0.410 e. The number of hydrogen-bond acceptors (Lipinski definition) is 4. The molecule has 1 N–H and O–H groups in total. The molecule has 3 aromatic rings. The number of nitrogens with one attached hydrogen (secondary N) is 1. The van der Waals surface area contributed by atoms with Crippen molar-refractivity contribution in [2.75, 3.05) is 36.4 Å². The molecule has 1 fully saturated rings. The van der Waals surface area contributed by atoms with Gasteiger partial charge in [-0.15, -0.1) is 0 Å². The molecule has 6 nitrogen and oxygen atoms in total. The molecule has 0 aliphatic carbocycles. The van der Waals surface area contributed by atoms with Gasteiger partial charge in [0, 0.05) is 38.3 Å². The van der Waals surface area contributed by atoms with Crippen LogP contribution in [0, 0.1) is 6.92 Å². The van der Waals surface area contributed by atoms with Gasteiger partial charge < -0.3 is 15.1 Å². The average Bonchev–Trinajstić information content (AvgIpc) is 3.19. The number of nitrogens with zero attached hydrogens (tertiary/aromatic N) is 4. The highest BCUT2D eigenvalue weighted by atomic mass is 35.5. The highest BCUT2D eigenvalue weighted by molar-refractivity contribution is 6.36. The van der Waals surface area contributed by atoms with Crippen LogP contribution in [0.4, 0.5) is 24.7 Å². The number of aromatic nitrogens is 2. The Morgan fingerprint density at radius 1 is 1.03 bits per heavy atom. The lowest BCUT2D eigenvalue weighted by Gasteiger charge is -2.35. The van der Waals surface area contributed by atoms with E-state index >= 15 is 0 Å². The van der Waals surface area contributed by atoms with E-state index in [-0.39, 0.29) is 23.0 Å². The van der Waals surface area contributed by atoms with Crippen molar-refractivity contribution in [1.82, 2.24) is 14.7 Å². The van der Waals surface area contributed by atoms with Crippen molar-refractivity contribution in [3.05, 3.63) is 76.4 Å². The third-order valence-electron chi connectivity index (χ3n) is 6.67. The quantitative estimate of drug-likeness (QED) is 0.515. The summed E-state index contributed by atoms with van der Waals surface area (Å²) in [5.74, 6) is -0.434. The van der Waals surface area contributed by atoms with E-state index in [1.165, 1.54) is 0 Å². The first kappa shape index (κ1) is 23.5. The molecular weight excluding hydrogens is 479 g/mol. The van der Waals surface area contributed by atoms with Crippen LogP contribution in [-0.4, -0.2) is 52.9 Å². The second-order valence-corrected chi connectivity index (χ2v) is 9.35. The number of piperazine rings is 1. The number of rotatable bonds is 3. The van der Waals surface area contributed by atoms with E-state index < -0.39 is 24.2 Å². The van der Waals surface area contributed by atoms with Gasteiger partial charge in [0.15, 0.2) is 11.7 Å². The lowest BCUT2D eigenvalue weighted by Crippen LogP contribution is -2.49. The van der Waals surface area contributed by atoms with E-state index in [9.17, 15) is 18.0 Å². The van der Waals surface area contributed by atoms with Gasteiger partial charge in [-0.05, 0) is 24.6 Å². The zero-order valence-electron chi connectivity index (χ0n) is 19.1. The summed E-state index contributed by atoms with van der Waals surface area (Å²) in [6.07, 6.45) is -4.79. The molecule has 184 valence electrons. The van der Waals surface area contributed by atoms with E-state index in [1.54, 1.807) is 17.0 Å². The summed E-state index contributed by atoms with van der Waals surface area (Å²) < 4.78 is 43.0. The minimum atomic E-state index is -4.54.